The monoisotopic (exact) mass is 247 g/mol. The standard InChI is InChI=1S/C8H17N5O2S/c1-3-10-16(14,15)5-4-9-6-8-7-13(2)12-11-8/h7,9-10H,3-6H2,1-2H3. The molecule has 0 aliphatic rings. The Bertz CT molecular complexity index is 414. The SMILES string of the molecule is CCNS(=O)(=O)CCNCc1cn(C)nn1. The Balaban J connectivity index is 2.22. The summed E-state index contributed by atoms with van der Waals surface area (Å²) in [6, 6.07) is 0. The summed E-state index contributed by atoms with van der Waals surface area (Å²) in [4.78, 5) is 0. The minimum absolute atomic E-state index is 0.0705. The first kappa shape index (κ1) is 13.1. The van der Waals surface area contributed by atoms with E-state index in [2.05, 4.69) is 20.4 Å². The smallest absolute Gasteiger partial charge is 0.212 e. The highest BCUT2D eigenvalue weighted by Crippen LogP contribution is 1.89. The van der Waals surface area contributed by atoms with Gasteiger partial charge in [-0.2, -0.15) is 0 Å². The van der Waals surface area contributed by atoms with E-state index in [1.54, 1.807) is 24.9 Å². The van der Waals surface area contributed by atoms with Crippen molar-refractivity contribution in [2.24, 2.45) is 7.05 Å². The number of sulfonamides is 1. The van der Waals surface area contributed by atoms with Gasteiger partial charge in [0.25, 0.3) is 0 Å². The molecule has 16 heavy (non-hydrogen) atoms. The molecule has 1 aromatic heterocycles. The summed E-state index contributed by atoms with van der Waals surface area (Å²) in [5, 5.41) is 10.6. The van der Waals surface area contributed by atoms with E-state index in [0.29, 0.717) is 19.6 Å². The third-order valence-corrected chi connectivity index (χ3v) is 3.34. The number of aryl methyl sites for hydroxylation is 1. The van der Waals surface area contributed by atoms with Crippen LogP contribution in [0.25, 0.3) is 0 Å². The molecule has 0 aliphatic carbocycles. The zero-order valence-corrected chi connectivity index (χ0v) is 10.3. The zero-order chi connectivity index (χ0) is 12.0. The van der Waals surface area contributed by atoms with Crippen molar-refractivity contribution in [2.45, 2.75) is 13.5 Å². The number of aromatic nitrogens is 3. The van der Waals surface area contributed by atoms with Gasteiger partial charge < -0.3 is 5.32 Å². The van der Waals surface area contributed by atoms with E-state index in [-0.39, 0.29) is 5.75 Å². The highest BCUT2D eigenvalue weighted by Gasteiger charge is 2.07. The van der Waals surface area contributed by atoms with Crippen molar-refractivity contribution < 1.29 is 8.42 Å². The summed E-state index contributed by atoms with van der Waals surface area (Å²) in [7, 11) is -1.35. The van der Waals surface area contributed by atoms with Crippen LogP contribution in [0.3, 0.4) is 0 Å². The van der Waals surface area contributed by atoms with Crippen LogP contribution < -0.4 is 10.0 Å². The molecule has 0 fully saturated rings. The van der Waals surface area contributed by atoms with Crippen molar-refractivity contribution in [2.75, 3.05) is 18.8 Å². The van der Waals surface area contributed by atoms with E-state index >= 15 is 0 Å². The highest BCUT2D eigenvalue weighted by molar-refractivity contribution is 7.89. The molecule has 0 aromatic carbocycles. The first-order valence-electron chi connectivity index (χ1n) is 5.07. The molecule has 7 nitrogen and oxygen atoms in total. The predicted octanol–water partition coefficient (Wildman–Crippen LogP) is -1.16. The largest absolute Gasteiger partial charge is 0.310 e. The number of hydrogen-bond acceptors (Lipinski definition) is 5. The summed E-state index contributed by atoms with van der Waals surface area (Å²) in [5.41, 5.74) is 0.795. The van der Waals surface area contributed by atoms with Crippen LogP contribution in [0.1, 0.15) is 12.6 Å². The molecular formula is C8H17N5O2S. The van der Waals surface area contributed by atoms with Crippen LogP contribution in [-0.4, -0.2) is 42.3 Å². The normalized spacial score (nSPS) is 11.9. The molecule has 0 radical (unpaired) electrons. The zero-order valence-electron chi connectivity index (χ0n) is 9.47. The fraction of sp³-hybridized carbons (Fsp3) is 0.750. The molecule has 8 heteroatoms. The Labute approximate surface area is 95.3 Å². The first-order valence-corrected chi connectivity index (χ1v) is 6.72. The molecule has 1 rings (SSSR count). The van der Waals surface area contributed by atoms with Crippen LogP contribution in [0.15, 0.2) is 6.20 Å². The fourth-order valence-corrected chi connectivity index (χ4v) is 2.19. The van der Waals surface area contributed by atoms with Gasteiger partial charge in [-0.25, -0.2) is 13.1 Å². The third-order valence-electron chi connectivity index (χ3n) is 1.87. The van der Waals surface area contributed by atoms with E-state index < -0.39 is 10.0 Å². The molecule has 1 aromatic rings. The Kier molecular flexibility index (Phi) is 4.84. The average molecular weight is 247 g/mol. The van der Waals surface area contributed by atoms with Crippen molar-refractivity contribution in [1.82, 2.24) is 25.0 Å². The molecule has 0 saturated heterocycles. The molecule has 0 bridgehead atoms. The van der Waals surface area contributed by atoms with Gasteiger partial charge in [-0.1, -0.05) is 12.1 Å². The maximum Gasteiger partial charge on any atom is 0.212 e. The van der Waals surface area contributed by atoms with Gasteiger partial charge in [-0.15, -0.1) is 5.10 Å². The van der Waals surface area contributed by atoms with Gasteiger partial charge in [0.2, 0.25) is 10.0 Å². The van der Waals surface area contributed by atoms with E-state index in [9.17, 15) is 8.42 Å². The van der Waals surface area contributed by atoms with Crippen LogP contribution in [0.2, 0.25) is 0 Å². The topological polar surface area (TPSA) is 88.9 Å². The number of rotatable bonds is 7. The molecule has 0 saturated carbocycles. The lowest BCUT2D eigenvalue weighted by Gasteiger charge is -2.04. The van der Waals surface area contributed by atoms with Gasteiger partial charge in [-0.3, -0.25) is 4.68 Å². The fourth-order valence-electron chi connectivity index (χ4n) is 1.19. The van der Waals surface area contributed by atoms with Gasteiger partial charge >= 0.3 is 0 Å². The predicted molar refractivity (Wildman–Crippen MR) is 60.2 cm³/mol. The summed E-state index contributed by atoms with van der Waals surface area (Å²) in [6.45, 7) is 3.10. The molecule has 2 N–H and O–H groups in total. The second-order valence-electron chi connectivity index (χ2n) is 3.38. The van der Waals surface area contributed by atoms with Crippen molar-refractivity contribution >= 4 is 10.0 Å². The van der Waals surface area contributed by atoms with E-state index in [4.69, 9.17) is 0 Å². The Morgan fingerprint density at radius 2 is 2.25 bits per heavy atom. The third kappa shape index (κ3) is 4.69. The molecule has 0 amide bonds. The lowest BCUT2D eigenvalue weighted by molar-refractivity contribution is 0.578. The summed E-state index contributed by atoms with van der Waals surface area (Å²) < 4.78 is 26.6. The molecule has 0 aliphatic heterocycles. The second kappa shape index (κ2) is 5.92. The number of hydrogen-bond donors (Lipinski definition) is 2. The molecule has 92 valence electrons. The van der Waals surface area contributed by atoms with Crippen LogP contribution in [0.5, 0.6) is 0 Å². The highest BCUT2D eigenvalue weighted by atomic mass is 32.2. The van der Waals surface area contributed by atoms with Crippen molar-refractivity contribution in [3.05, 3.63) is 11.9 Å². The van der Waals surface area contributed by atoms with Crippen molar-refractivity contribution in [3.63, 3.8) is 0 Å². The lowest BCUT2D eigenvalue weighted by atomic mass is 10.5. The van der Waals surface area contributed by atoms with Gasteiger partial charge in [-0.05, 0) is 0 Å². The maximum atomic E-state index is 11.3. The van der Waals surface area contributed by atoms with Crippen LogP contribution in [0.4, 0.5) is 0 Å². The van der Waals surface area contributed by atoms with Gasteiger partial charge in [0.1, 0.15) is 0 Å². The van der Waals surface area contributed by atoms with Gasteiger partial charge in [0.15, 0.2) is 0 Å². The number of nitrogens with zero attached hydrogens (tertiary/aromatic N) is 3. The van der Waals surface area contributed by atoms with E-state index in [0.717, 1.165) is 5.69 Å². The number of nitrogens with one attached hydrogen (secondary N) is 2. The summed E-state index contributed by atoms with van der Waals surface area (Å²) >= 11 is 0. The lowest BCUT2D eigenvalue weighted by Crippen LogP contribution is -2.31. The molecule has 0 spiro atoms. The maximum absolute atomic E-state index is 11.3. The van der Waals surface area contributed by atoms with Gasteiger partial charge in [0, 0.05) is 32.9 Å². The second-order valence-corrected chi connectivity index (χ2v) is 5.30. The molecular weight excluding hydrogens is 230 g/mol. The first-order chi connectivity index (χ1) is 7.53. The van der Waals surface area contributed by atoms with Crippen LogP contribution in [-0.2, 0) is 23.6 Å². The van der Waals surface area contributed by atoms with E-state index in [1.807, 2.05) is 0 Å². The summed E-state index contributed by atoms with van der Waals surface area (Å²) in [5.74, 6) is 0.0705. The van der Waals surface area contributed by atoms with E-state index in [1.165, 1.54) is 0 Å². The van der Waals surface area contributed by atoms with Crippen molar-refractivity contribution in [1.29, 1.82) is 0 Å². The minimum atomic E-state index is -3.13. The molecule has 0 atom stereocenters. The Morgan fingerprint density at radius 3 is 2.81 bits per heavy atom. The molecule has 1 heterocycles. The van der Waals surface area contributed by atoms with Gasteiger partial charge in [0.05, 0.1) is 11.4 Å². The van der Waals surface area contributed by atoms with Crippen LogP contribution in [0, 0.1) is 0 Å². The molecule has 0 unspecified atom stereocenters. The Morgan fingerprint density at radius 1 is 1.50 bits per heavy atom. The average Bonchev–Trinajstić information content (AvgIpc) is 2.59. The quantitative estimate of drug-likeness (QED) is 0.594. The summed E-state index contributed by atoms with van der Waals surface area (Å²) in [6.07, 6.45) is 1.78. The van der Waals surface area contributed by atoms with Crippen LogP contribution >= 0.6 is 0 Å². The van der Waals surface area contributed by atoms with Crippen molar-refractivity contribution in [3.8, 4) is 0 Å². The Hall–Kier alpha value is -0.990. The minimum Gasteiger partial charge on any atom is -0.310 e.